The number of hydrogen-bond donors (Lipinski definition) is 2. The molecule has 2 heterocycles. The van der Waals surface area contributed by atoms with Crippen molar-refractivity contribution in [3.8, 4) is 0 Å². The van der Waals surface area contributed by atoms with Gasteiger partial charge in [0.05, 0.1) is 22.7 Å². The molecule has 0 saturated heterocycles. The molecule has 9 heteroatoms. The van der Waals surface area contributed by atoms with Crippen LogP contribution in [0.15, 0.2) is 53.4 Å². The topological polar surface area (TPSA) is 95.2 Å². The molecule has 7 nitrogen and oxygen atoms in total. The summed E-state index contributed by atoms with van der Waals surface area (Å²) in [4.78, 5) is 12.6. The van der Waals surface area contributed by atoms with Crippen molar-refractivity contribution in [2.24, 2.45) is 0 Å². The van der Waals surface area contributed by atoms with Crippen molar-refractivity contribution in [1.82, 2.24) is 14.5 Å². The van der Waals surface area contributed by atoms with Crippen LogP contribution >= 0.6 is 0 Å². The van der Waals surface area contributed by atoms with E-state index in [1.54, 1.807) is 37.3 Å². The van der Waals surface area contributed by atoms with Crippen molar-refractivity contribution < 1.29 is 17.6 Å². The molecule has 0 spiro atoms. The predicted octanol–water partition coefficient (Wildman–Crippen LogP) is 2.81. The van der Waals surface area contributed by atoms with Gasteiger partial charge in [0.15, 0.2) is 5.82 Å². The normalized spacial score (nSPS) is 14.1. The lowest BCUT2D eigenvalue weighted by Gasteiger charge is -2.17. The molecule has 0 atom stereocenters. The molecule has 0 unspecified atom stereocenters. The summed E-state index contributed by atoms with van der Waals surface area (Å²) < 4.78 is 41.1. The Labute approximate surface area is 161 Å². The lowest BCUT2D eigenvalue weighted by atomic mass is 10.2. The molecule has 0 bridgehead atoms. The highest BCUT2D eigenvalue weighted by molar-refractivity contribution is 7.89. The van der Waals surface area contributed by atoms with E-state index in [4.69, 9.17) is 0 Å². The molecule has 1 aromatic heterocycles. The smallest absolute Gasteiger partial charge is 0.259 e. The number of aromatic amines is 1. The number of amides is 1. The number of aryl methyl sites for hydroxylation is 1. The third kappa shape index (κ3) is 3.08. The lowest BCUT2D eigenvalue weighted by Crippen LogP contribution is -2.27. The van der Waals surface area contributed by atoms with Crippen LogP contribution in [0.1, 0.15) is 27.2 Å². The van der Waals surface area contributed by atoms with E-state index in [1.807, 2.05) is 0 Å². The highest BCUT2D eigenvalue weighted by Crippen LogP contribution is 2.32. The maximum atomic E-state index is 13.8. The summed E-state index contributed by atoms with van der Waals surface area (Å²) >= 11 is 0. The number of anilines is 1. The standard InChI is InChI=1S/C19H17FN4O3S/c1-12-6-2-5-9-17(12)28(26,27)24-10-14-16(11-24)22-23-18(14)21-19(25)13-7-3-4-8-15(13)20/h2-9H,10-11H2,1H3,(H2,21,22,23,25). The van der Waals surface area contributed by atoms with Gasteiger partial charge in [-0.1, -0.05) is 30.3 Å². The van der Waals surface area contributed by atoms with Crippen molar-refractivity contribution >= 4 is 21.7 Å². The first-order chi connectivity index (χ1) is 13.4. The van der Waals surface area contributed by atoms with Crippen LogP contribution in [0, 0.1) is 12.7 Å². The Balaban J connectivity index is 1.58. The van der Waals surface area contributed by atoms with Crippen LogP contribution in [-0.2, 0) is 23.1 Å². The SMILES string of the molecule is Cc1ccccc1S(=O)(=O)N1Cc2[nH]nc(NC(=O)c3ccccc3F)c2C1. The molecule has 2 N–H and O–H groups in total. The van der Waals surface area contributed by atoms with Crippen LogP contribution in [0.4, 0.5) is 10.2 Å². The summed E-state index contributed by atoms with van der Waals surface area (Å²) in [6.07, 6.45) is 0. The summed E-state index contributed by atoms with van der Waals surface area (Å²) in [6, 6.07) is 12.4. The Kier molecular flexibility index (Phi) is 4.48. The number of H-pyrrole nitrogens is 1. The van der Waals surface area contributed by atoms with Gasteiger partial charge in [0.1, 0.15) is 5.82 Å². The summed E-state index contributed by atoms with van der Waals surface area (Å²) in [5, 5.41) is 9.36. The number of sulfonamides is 1. The van der Waals surface area contributed by atoms with E-state index >= 15 is 0 Å². The molecule has 4 rings (SSSR count). The molecular weight excluding hydrogens is 383 g/mol. The molecule has 1 aliphatic rings. The van der Waals surface area contributed by atoms with E-state index in [0.29, 0.717) is 16.8 Å². The average Bonchev–Trinajstić information content (AvgIpc) is 3.25. The average molecular weight is 400 g/mol. The summed E-state index contributed by atoms with van der Waals surface area (Å²) in [5.74, 6) is -1.09. The van der Waals surface area contributed by atoms with Crippen molar-refractivity contribution in [2.45, 2.75) is 24.9 Å². The van der Waals surface area contributed by atoms with E-state index in [9.17, 15) is 17.6 Å². The van der Waals surface area contributed by atoms with E-state index in [0.717, 1.165) is 0 Å². The van der Waals surface area contributed by atoms with Crippen molar-refractivity contribution in [2.75, 3.05) is 5.32 Å². The Bertz CT molecular complexity index is 1170. The second-order valence-corrected chi connectivity index (χ2v) is 8.41. The van der Waals surface area contributed by atoms with Crippen molar-refractivity contribution in [3.05, 3.63) is 76.7 Å². The molecule has 2 aromatic carbocycles. The maximum absolute atomic E-state index is 13.8. The third-order valence-electron chi connectivity index (χ3n) is 4.68. The summed E-state index contributed by atoms with van der Waals surface area (Å²) in [5.41, 5.74) is 1.72. The highest BCUT2D eigenvalue weighted by atomic mass is 32.2. The minimum absolute atomic E-state index is 0.0649. The largest absolute Gasteiger partial charge is 0.305 e. The maximum Gasteiger partial charge on any atom is 0.259 e. The van der Waals surface area contributed by atoms with Crippen LogP contribution in [0.3, 0.4) is 0 Å². The monoisotopic (exact) mass is 400 g/mol. The highest BCUT2D eigenvalue weighted by Gasteiger charge is 2.35. The van der Waals surface area contributed by atoms with Crippen LogP contribution in [-0.4, -0.2) is 28.8 Å². The number of benzene rings is 2. The quantitative estimate of drug-likeness (QED) is 0.704. The molecule has 0 fully saturated rings. The van der Waals surface area contributed by atoms with E-state index in [-0.39, 0.29) is 29.4 Å². The molecule has 1 amide bonds. The number of rotatable bonds is 4. The number of aromatic nitrogens is 2. The molecule has 0 radical (unpaired) electrons. The van der Waals surface area contributed by atoms with Gasteiger partial charge in [-0.3, -0.25) is 9.89 Å². The van der Waals surface area contributed by atoms with Gasteiger partial charge in [-0.15, -0.1) is 0 Å². The number of nitrogens with one attached hydrogen (secondary N) is 2. The Hall–Kier alpha value is -3.04. The number of nitrogens with zero attached hydrogens (tertiary/aromatic N) is 2. The third-order valence-corrected chi connectivity index (χ3v) is 6.64. The van der Waals surface area contributed by atoms with Crippen LogP contribution < -0.4 is 5.32 Å². The second-order valence-electron chi connectivity index (χ2n) is 6.50. The predicted molar refractivity (Wildman–Crippen MR) is 101 cm³/mol. The molecule has 3 aromatic rings. The fourth-order valence-corrected chi connectivity index (χ4v) is 4.79. The Morgan fingerprint density at radius 2 is 1.86 bits per heavy atom. The van der Waals surface area contributed by atoms with Gasteiger partial charge in [-0.05, 0) is 30.7 Å². The minimum Gasteiger partial charge on any atom is -0.305 e. The number of carbonyl (C=O) groups excluding carboxylic acids is 1. The summed E-state index contributed by atoms with van der Waals surface area (Å²) in [6.45, 7) is 1.92. The fourth-order valence-electron chi connectivity index (χ4n) is 3.19. The molecule has 144 valence electrons. The van der Waals surface area contributed by atoms with Gasteiger partial charge >= 0.3 is 0 Å². The number of fused-ring (bicyclic) bond motifs is 1. The van der Waals surface area contributed by atoms with E-state index < -0.39 is 21.7 Å². The molecule has 0 saturated carbocycles. The van der Waals surface area contributed by atoms with Crippen LogP contribution in [0.25, 0.3) is 0 Å². The second kappa shape index (κ2) is 6.84. The first kappa shape index (κ1) is 18.3. The molecule has 1 aliphatic heterocycles. The zero-order chi connectivity index (χ0) is 19.9. The number of carbonyl (C=O) groups is 1. The van der Waals surface area contributed by atoms with Crippen LogP contribution in [0.5, 0.6) is 0 Å². The van der Waals surface area contributed by atoms with Gasteiger partial charge in [-0.2, -0.15) is 9.40 Å². The molecule has 28 heavy (non-hydrogen) atoms. The van der Waals surface area contributed by atoms with Crippen molar-refractivity contribution in [3.63, 3.8) is 0 Å². The zero-order valence-electron chi connectivity index (χ0n) is 14.9. The molecule has 0 aliphatic carbocycles. The van der Waals surface area contributed by atoms with Gasteiger partial charge < -0.3 is 5.32 Å². The molecular formula is C19H17FN4O3S. The van der Waals surface area contributed by atoms with Crippen molar-refractivity contribution in [1.29, 1.82) is 0 Å². The number of hydrogen-bond acceptors (Lipinski definition) is 4. The minimum atomic E-state index is -3.70. The lowest BCUT2D eigenvalue weighted by molar-refractivity contribution is 0.102. The Morgan fingerprint density at radius 1 is 1.14 bits per heavy atom. The zero-order valence-corrected chi connectivity index (χ0v) is 15.8. The van der Waals surface area contributed by atoms with E-state index in [1.165, 1.54) is 22.5 Å². The van der Waals surface area contributed by atoms with Gasteiger partial charge in [-0.25, -0.2) is 12.8 Å². The fraction of sp³-hybridized carbons (Fsp3) is 0.158. The Morgan fingerprint density at radius 3 is 2.61 bits per heavy atom. The first-order valence-corrected chi connectivity index (χ1v) is 9.99. The van der Waals surface area contributed by atoms with E-state index in [2.05, 4.69) is 15.5 Å². The van der Waals surface area contributed by atoms with Gasteiger partial charge in [0.2, 0.25) is 10.0 Å². The number of halogens is 1. The van der Waals surface area contributed by atoms with Gasteiger partial charge in [0.25, 0.3) is 5.91 Å². The van der Waals surface area contributed by atoms with Crippen LogP contribution in [0.2, 0.25) is 0 Å². The first-order valence-electron chi connectivity index (χ1n) is 8.55. The summed E-state index contributed by atoms with van der Waals surface area (Å²) in [7, 11) is -3.70. The van der Waals surface area contributed by atoms with Gasteiger partial charge in [0, 0.05) is 12.1 Å².